The van der Waals surface area contributed by atoms with E-state index in [0.29, 0.717) is 0 Å². The van der Waals surface area contributed by atoms with Gasteiger partial charge in [0, 0.05) is 0 Å². The SMILES string of the molecule is CC1CC2=C(C=C1C=C(c1ccccc1)c1ccccc1)C1(c3cc(/C=C(\C4=CC=CCC4)c4ccccc4)ccc32)c2cc(C=C(c3ccccc3)c3ccccc3)ccc2-c2ccc(/C=C(\C3=CC=CCC3)c3ccccc3)cc21. The second kappa shape index (κ2) is 22.1. The molecular weight excluding hydrogens is 985 g/mol. The summed E-state index contributed by atoms with van der Waals surface area (Å²) in [6.07, 6.45) is 31.2. The molecule has 2 unspecified atom stereocenters. The van der Waals surface area contributed by atoms with Crippen molar-refractivity contribution < 1.29 is 0 Å². The lowest BCUT2D eigenvalue weighted by Gasteiger charge is -2.34. The van der Waals surface area contributed by atoms with Gasteiger partial charge in [-0.2, -0.15) is 0 Å². The topological polar surface area (TPSA) is 0 Å². The summed E-state index contributed by atoms with van der Waals surface area (Å²) in [4.78, 5) is 0. The monoisotopic (exact) mass is 1050 g/mol. The maximum Gasteiger partial charge on any atom is 0.0723 e. The molecule has 0 aromatic heterocycles. The molecular formula is C82H64. The maximum absolute atomic E-state index is 2.64. The minimum Gasteiger partial charge on any atom is -0.0842 e. The summed E-state index contributed by atoms with van der Waals surface area (Å²) in [5, 5.41) is 0. The van der Waals surface area contributed by atoms with Gasteiger partial charge in [-0.3, -0.25) is 0 Å². The molecule has 1 spiro atoms. The van der Waals surface area contributed by atoms with E-state index in [-0.39, 0.29) is 5.92 Å². The van der Waals surface area contributed by atoms with Crippen LogP contribution >= 0.6 is 0 Å². The molecule has 0 amide bonds. The van der Waals surface area contributed by atoms with E-state index < -0.39 is 5.41 Å². The molecule has 0 heterocycles. The van der Waals surface area contributed by atoms with Crippen LogP contribution in [0.1, 0.15) is 111 Å². The van der Waals surface area contributed by atoms with Crippen molar-refractivity contribution in [3.8, 4) is 11.1 Å². The lowest BCUT2D eigenvalue weighted by Crippen LogP contribution is -2.28. The Morgan fingerprint density at radius 1 is 0.378 bits per heavy atom. The quantitative estimate of drug-likeness (QED) is 0.107. The molecule has 14 rings (SSSR count). The molecule has 0 bridgehead atoms. The van der Waals surface area contributed by atoms with Gasteiger partial charge >= 0.3 is 0 Å². The molecule has 0 heteroatoms. The number of rotatable bonds is 12. The fraction of sp³-hybridized carbons (Fsp3) is 0.0976. The number of fused-ring (bicyclic) bond motifs is 9. The predicted octanol–water partition coefficient (Wildman–Crippen LogP) is 21.1. The zero-order valence-electron chi connectivity index (χ0n) is 46.5. The van der Waals surface area contributed by atoms with Crippen LogP contribution in [0.15, 0.2) is 307 Å². The third-order valence-electron chi connectivity index (χ3n) is 17.6. The zero-order chi connectivity index (χ0) is 54.8. The number of hydrogen-bond acceptors (Lipinski definition) is 0. The first kappa shape index (κ1) is 50.6. The van der Waals surface area contributed by atoms with E-state index in [9.17, 15) is 0 Å². The van der Waals surface area contributed by atoms with Gasteiger partial charge in [-0.1, -0.05) is 274 Å². The second-order valence-corrected chi connectivity index (χ2v) is 22.6. The maximum atomic E-state index is 2.64. The van der Waals surface area contributed by atoms with Crippen molar-refractivity contribution in [1.29, 1.82) is 0 Å². The van der Waals surface area contributed by atoms with Gasteiger partial charge in [-0.25, -0.2) is 0 Å². The highest BCUT2D eigenvalue weighted by Gasteiger charge is 2.53. The van der Waals surface area contributed by atoms with E-state index in [4.69, 9.17) is 0 Å². The largest absolute Gasteiger partial charge is 0.0842 e. The van der Waals surface area contributed by atoms with Crippen molar-refractivity contribution in [1.82, 2.24) is 0 Å². The summed E-state index contributed by atoms with van der Waals surface area (Å²) in [6, 6.07) is 88.0. The molecule has 82 heavy (non-hydrogen) atoms. The van der Waals surface area contributed by atoms with Crippen LogP contribution in [0, 0.1) is 5.92 Å². The molecule has 0 N–H and O–H groups in total. The van der Waals surface area contributed by atoms with Crippen LogP contribution < -0.4 is 0 Å². The van der Waals surface area contributed by atoms with Gasteiger partial charge in [0.1, 0.15) is 0 Å². The van der Waals surface area contributed by atoms with Gasteiger partial charge in [0.2, 0.25) is 0 Å². The van der Waals surface area contributed by atoms with E-state index in [1.165, 1.54) is 134 Å². The molecule has 0 fully saturated rings. The summed E-state index contributed by atoms with van der Waals surface area (Å²) in [5.41, 5.74) is 30.1. The second-order valence-electron chi connectivity index (χ2n) is 22.6. The van der Waals surface area contributed by atoms with E-state index in [1.54, 1.807) is 0 Å². The fourth-order valence-corrected chi connectivity index (χ4v) is 13.6. The van der Waals surface area contributed by atoms with Crippen LogP contribution in [0.25, 0.3) is 57.2 Å². The Balaban J connectivity index is 1.06. The van der Waals surface area contributed by atoms with Crippen LogP contribution in [-0.2, 0) is 5.41 Å². The van der Waals surface area contributed by atoms with Crippen molar-refractivity contribution in [3.63, 3.8) is 0 Å². The van der Waals surface area contributed by atoms with Gasteiger partial charge < -0.3 is 0 Å². The Morgan fingerprint density at radius 3 is 1.10 bits per heavy atom. The molecule has 0 saturated heterocycles. The molecule has 0 aliphatic heterocycles. The first-order valence-electron chi connectivity index (χ1n) is 29.4. The summed E-state index contributed by atoms with van der Waals surface area (Å²) in [5.74, 6) is 0.258. The molecule has 0 nitrogen and oxygen atoms in total. The Bertz CT molecular complexity index is 4140. The summed E-state index contributed by atoms with van der Waals surface area (Å²) >= 11 is 0. The highest BCUT2D eigenvalue weighted by molar-refractivity contribution is 6.01. The smallest absolute Gasteiger partial charge is 0.0723 e. The van der Waals surface area contributed by atoms with Crippen LogP contribution in [0.5, 0.6) is 0 Å². The van der Waals surface area contributed by atoms with E-state index in [1.807, 2.05) is 0 Å². The van der Waals surface area contributed by atoms with Crippen LogP contribution in [0.3, 0.4) is 0 Å². The molecule has 9 aromatic rings. The zero-order valence-corrected chi connectivity index (χ0v) is 46.5. The first-order valence-corrected chi connectivity index (χ1v) is 29.4. The van der Waals surface area contributed by atoms with Crippen molar-refractivity contribution in [3.05, 3.63) is 380 Å². The molecule has 9 aromatic carbocycles. The van der Waals surface area contributed by atoms with Crippen LogP contribution in [-0.4, -0.2) is 0 Å². The van der Waals surface area contributed by atoms with Crippen LogP contribution in [0.2, 0.25) is 0 Å². The molecule has 5 aliphatic rings. The van der Waals surface area contributed by atoms with Crippen molar-refractivity contribution in [2.45, 2.75) is 44.4 Å². The Morgan fingerprint density at radius 2 is 0.720 bits per heavy atom. The Kier molecular flexibility index (Phi) is 13.7. The summed E-state index contributed by atoms with van der Waals surface area (Å²) < 4.78 is 0. The van der Waals surface area contributed by atoms with Crippen molar-refractivity contribution >= 4 is 46.1 Å². The standard InChI is InChI=1S/C82H64/c1-57-48-77-72-47-44-60(51-75(65-34-18-6-19-35-65)66-36-20-7-21-37-66)54-80(72)82(81(77)56-69(57)55-76(67-38-22-8-23-39-67)68-40-24-9-25-41-68)78-52-58(49-73(61-26-10-2-11-27-61)62-28-12-3-13-29-62)42-45-70(78)71-46-43-59(53-79(71)82)50-74(63-30-14-4-15-31-63)64-32-16-5-17-33-64/h2-16,18-20,22-32,34-36,38-47,49-57H,17,21,33,37,48H2,1H3/b74-50-,75-51-. The van der Waals surface area contributed by atoms with Gasteiger partial charge in [-0.05, 0) is 208 Å². The molecule has 0 saturated carbocycles. The van der Waals surface area contributed by atoms with Gasteiger partial charge in [0.05, 0.1) is 5.41 Å². The third-order valence-corrected chi connectivity index (χ3v) is 17.6. The average Bonchev–Trinajstić information content (AvgIpc) is 1.75. The third kappa shape index (κ3) is 9.45. The molecule has 0 radical (unpaired) electrons. The highest BCUT2D eigenvalue weighted by Crippen LogP contribution is 2.65. The highest BCUT2D eigenvalue weighted by atomic mass is 14.5. The molecule has 392 valence electrons. The van der Waals surface area contributed by atoms with Gasteiger partial charge in [-0.15, -0.1) is 0 Å². The van der Waals surface area contributed by atoms with Gasteiger partial charge in [0.15, 0.2) is 0 Å². The first-order chi connectivity index (χ1) is 40.6. The normalized spacial score (nSPS) is 17.7. The predicted molar refractivity (Wildman–Crippen MR) is 348 cm³/mol. The fourth-order valence-electron chi connectivity index (χ4n) is 13.6. The Hall–Kier alpha value is -9.62. The minimum absolute atomic E-state index is 0.258. The summed E-state index contributed by atoms with van der Waals surface area (Å²) in [7, 11) is 0. The van der Waals surface area contributed by atoms with Gasteiger partial charge in [0.25, 0.3) is 0 Å². The lowest BCUT2D eigenvalue weighted by molar-refractivity contribution is 0.698. The Labute approximate surface area is 484 Å². The molecule has 2 atom stereocenters. The van der Waals surface area contributed by atoms with E-state index in [2.05, 4.69) is 310 Å². The molecule has 5 aliphatic carbocycles. The number of allylic oxidation sites excluding steroid dienone is 15. The van der Waals surface area contributed by atoms with E-state index in [0.717, 1.165) is 32.1 Å². The minimum atomic E-state index is -0.662. The van der Waals surface area contributed by atoms with Crippen molar-refractivity contribution in [2.24, 2.45) is 5.92 Å². The van der Waals surface area contributed by atoms with Crippen molar-refractivity contribution in [2.75, 3.05) is 0 Å². The van der Waals surface area contributed by atoms with Crippen LogP contribution in [0.4, 0.5) is 0 Å². The van der Waals surface area contributed by atoms with E-state index >= 15 is 0 Å². The lowest BCUT2D eigenvalue weighted by atomic mass is 9.67. The average molecular weight is 1050 g/mol. The number of benzene rings is 9. The summed E-state index contributed by atoms with van der Waals surface area (Å²) in [6.45, 7) is 2.44. The number of hydrogen-bond donors (Lipinski definition) is 0.